The van der Waals surface area contributed by atoms with Gasteiger partial charge < -0.3 is 15.0 Å². The third-order valence-corrected chi connectivity index (χ3v) is 6.70. The van der Waals surface area contributed by atoms with Crippen molar-refractivity contribution in [1.29, 1.82) is 0 Å². The number of anilines is 1. The zero-order valence-electron chi connectivity index (χ0n) is 19.1. The quantitative estimate of drug-likeness (QED) is 0.475. The minimum atomic E-state index is 0.539. The van der Waals surface area contributed by atoms with Gasteiger partial charge >= 0.3 is 0 Å². The largest absolute Gasteiger partial charge is 0.437 e. The summed E-state index contributed by atoms with van der Waals surface area (Å²) in [5, 5.41) is 4.53. The number of nitrogens with zero attached hydrogens (tertiary/aromatic N) is 4. The molecule has 2 aliphatic heterocycles. The van der Waals surface area contributed by atoms with Crippen molar-refractivity contribution in [3.63, 3.8) is 0 Å². The van der Waals surface area contributed by atoms with Crippen LogP contribution in [0.4, 0.5) is 5.82 Å². The van der Waals surface area contributed by atoms with Crippen LogP contribution in [-0.2, 0) is 6.54 Å². The van der Waals surface area contributed by atoms with E-state index in [0.717, 1.165) is 68.5 Å². The van der Waals surface area contributed by atoms with Crippen molar-refractivity contribution >= 4 is 29.0 Å². The molecule has 0 bridgehead atoms. The molecule has 0 saturated carbocycles. The van der Waals surface area contributed by atoms with E-state index in [1.54, 1.807) is 12.3 Å². The van der Waals surface area contributed by atoms with Crippen LogP contribution in [0.1, 0.15) is 24.8 Å². The van der Waals surface area contributed by atoms with Crippen molar-refractivity contribution in [3.8, 4) is 22.9 Å². The van der Waals surface area contributed by atoms with Gasteiger partial charge in [-0.1, -0.05) is 29.6 Å². The van der Waals surface area contributed by atoms with E-state index in [9.17, 15) is 0 Å². The van der Waals surface area contributed by atoms with Gasteiger partial charge in [-0.3, -0.25) is 4.90 Å². The number of rotatable bonds is 6. The van der Waals surface area contributed by atoms with Crippen molar-refractivity contribution < 1.29 is 4.74 Å². The molecule has 4 heterocycles. The van der Waals surface area contributed by atoms with Crippen molar-refractivity contribution in [3.05, 3.63) is 64.3 Å². The monoisotopic (exact) mass is 497 g/mol. The first-order valence-electron chi connectivity index (χ1n) is 11.9. The molecule has 34 heavy (non-hydrogen) atoms. The SMILES string of the molecule is Clc1cc(Cl)cc(-c2cc(CN3CCCCC3)cc(Oc3ccc(N4CCNCC4)nc3)n2)c1. The molecule has 2 saturated heterocycles. The summed E-state index contributed by atoms with van der Waals surface area (Å²) >= 11 is 12.6. The first kappa shape index (κ1) is 23.4. The Morgan fingerprint density at radius 2 is 1.65 bits per heavy atom. The van der Waals surface area contributed by atoms with Gasteiger partial charge in [-0.15, -0.1) is 0 Å². The molecule has 3 aromatic rings. The number of likely N-dealkylation sites (tertiary alicyclic amines) is 1. The average Bonchev–Trinajstić information content (AvgIpc) is 2.85. The van der Waals surface area contributed by atoms with Gasteiger partial charge in [0.05, 0.1) is 11.9 Å². The molecule has 1 N–H and O–H groups in total. The maximum Gasteiger partial charge on any atom is 0.220 e. The number of piperidine rings is 1. The topological polar surface area (TPSA) is 53.5 Å². The molecule has 2 aliphatic rings. The van der Waals surface area contributed by atoms with E-state index in [1.807, 2.05) is 30.3 Å². The van der Waals surface area contributed by atoms with Gasteiger partial charge in [0.1, 0.15) is 11.6 Å². The zero-order chi connectivity index (χ0) is 23.3. The lowest BCUT2D eigenvalue weighted by molar-refractivity contribution is 0.220. The van der Waals surface area contributed by atoms with Crippen molar-refractivity contribution in [2.45, 2.75) is 25.8 Å². The highest BCUT2D eigenvalue weighted by atomic mass is 35.5. The first-order chi connectivity index (χ1) is 16.6. The van der Waals surface area contributed by atoms with Crippen molar-refractivity contribution in [1.82, 2.24) is 20.2 Å². The Bertz CT molecular complexity index is 1090. The fourth-order valence-electron chi connectivity index (χ4n) is 4.56. The van der Waals surface area contributed by atoms with Crippen LogP contribution in [0.25, 0.3) is 11.3 Å². The molecule has 6 nitrogen and oxygen atoms in total. The predicted octanol–water partition coefficient (Wildman–Crippen LogP) is 5.64. The molecule has 0 radical (unpaired) electrons. The predicted molar refractivity (Wildman–Crippen MR) is 138 cm³/mol. The number of piperazine rings is 1. The second kappa shape index (κ2) is 10.9. The third-order valence-electron chi connectivity index (χ3n) is 6.26. The Morgan fingerprint density at radius 3 is 2.35 bits per heavy atom. The number of benzene rings is 1. The maximum absolute atomic E-state index is 6.28. The van der Waals surface area contributed by atoms with Gasteiger partial charge in [-0.25, -0.2) is 9.97 Å². The number of pyridine rings is 2. The van der Waals surface area contributed by atoms with E-state index in [1.165, 1.54) is 19.3 Å². The van der Waals surface area contributed by atoms with Crippen LogP contribution in [0.2, 0.25) is 10.0 Å². The highest BCUT2D eigenvalue weighted by Gasteiger charge is 2.15. The minimum absolute atomic E-state index is 0.539. The van der Waals surface area contributed by atoms with Crippen LogP contribution < -0.4 is 15.0 Å². The Kier molecular flexibility index (Phi) is 7.50. The standard InChI is InChI=1S/C26H29Cl2N5O/c27-21-14-20(15-22(28)16-21)24-12-19(18-32-8-2-1-3-9-32)13-26(31-24)34-23-4-5-25(30-17-23)33-10-6-29-7-11-33/h4-5,12-17,29H,1-3,6-11,18H2. The fourth-order valence-corrected chi connectivity index (χ4v) is 5.09. The van der Waals surface area contributed by atoms with Crippen LogP contribution in [0.5, 0.6) is 11.6 Å². The summed E-state index contributed by atoms with van der Waals surface area (Å²) in [6, 6.07) is 13.6. The van der Waals surface area contributed by atoms with Crippen LogP contribution in [0.3, 0.4) is 0 Å². The Labute approximate surface area is 210 Å². The molecule has 1 aromatic carbocycles. The molecule has 0 spiro atoms. The minimum Gasteiger partial charge on any atom is -0.437 e. The summed E-state index contributed by atoms with van der Waals surface area (Å²) in [6.45, 7) is 6.97. The summed E-state index contributed by atoms with van der Waals surface area (Å²) in [5.41, 5.74) is 2.82. The summed E-state index contributed by atoms with van der Waals surface area (Å²) in [7, 11) is 0. The molecule has 5 rings (SSSR count). The van der Waals surface area contributed by atoms with Crippen LogP contribution in [0.15, 0.2) is 48.7 Å². The smallest absolute Gasteiger partial charge is 0.220 e. The number of ether oxygens (including phenoxy) is 1. The van der Waals surface area contributed by atoms with E-state index in [4.69, 9.17) is 32.9 Å². The zero-order valence-corrected chi connectivity index (χ0v) is 20.7. The van der Waals surface area contributed by atoms with E-state index >= 15 is 0 Å². The lowest BCUT2D eigenvalue weighted by Crippen LogP contribution is -2.43. The van der Waals surface area contributed by atoms with Crippen molar-refractivity contribution in [2.75, 3.05) is 44.2 Å². The Balaban J connectivity index is 1.41. The molecule has 0 atom stereocenters. The lowest BCUT2D eigenvalue weighted by Gasteiger charge is -2.28. The molecule has 0 unspecified atom stereocenters. The number of halogens is 2. The van der Waals surface area contributed by atoms with Gasteiger partial charge in [-0.2, -0.15) is 0 Å². The van der Waals surface area contributed by atoms with Gasteiger partial charge in [0.15, 0.2) is 0 Å². The van der Waals surface area contributed by atoms with Gasteiger partial charge in [-0.05, 0) is 67.9 Å². The summed E-state index contributed by atoms with van der Waals surface area (Å²) in [5.74, 6) is 2.17. The Morgan fingerprint density at radius 1 is 0.882 bits per heavy atom. The summed E-state index contributed by atoms with van der Waals surface area (Å²) in [6.07, 6.45) is 5.57. The lowest BCUT2D eigenvalue weighted by atomic mass is 10.1. The number of hydrogen-bond acceptors (Lipinski definition) is 6. The van der Waals surface area contributed by atoms with Crippen LogP contribution >= 0.6 is 23.2 Å². The highest BCUT2D eigenvalue weighted by molar-refractivity contribution is 6.35. The van der Waals surface area contributed by atoms with Gasteiger partial charge in [0.25, 0.3) is 0 Å². The molecular weight excluding hydrogens is 469 g/mol. The molecule has 2 fully saturated rings. The summed E-state index contributed by atoms with van der Waals surface area (Å²) in [4.78, 5) is 14.2. The average molecular weight is 498 g/mol. The number of aromatic nitrogens is 2. The number of hydrogen-bond donors (Lipinski definition) is 1. The molecule has 178 valence electrons. The number of nitrogens with one attached hydrogen (secondary N) is 1. The second-order valence-electron chi connectivity index (χ2n) is 8.89. The molecule has 0 amide bonds. The second-order valence-corrected chi connectivity index (χ2v) is 9.76. The Hall–Kier alpha value is -2.38. The van der Waals surface area contributed by atoms with Gasteiger partial charge in [0, 0.05) is 54.4 Å². The molecule has 8 heteroatoms. The summed E-state index contributed by atoms with van der Waals surface area (Å²) < 4.78 is 6.18. The molecular formula is C26H29Cl2N5O. The van der Waals surface area contributed by atoms with Crippen LogP contribution in [0, 0.1) is 0 Å². The van der Waals surface area contributed by atoms with E-state index in [2.05, 4.69) is 26.2 Å². The van der Waals surface area contributed by atoms with E-state index in [-0.39, 0.29) is 0 Å². The first-order valence-corrected chi connectivity index (χ1v) is 12.7. The molecule has 2 aromatic heterocycles. The van der Waals surface area contributed by atoms with Gasteiger partial charge in [0.2, 0.25) is 5.88 Å². The van der Waals surface area contributed by atoms with E-state index in [0.29, 0.717) is 21.7 Å². The van der Waals surface area contributed by atoms with E-state index < -0.39 is 0 Å². The highest BCUT2D eigenvalue weighted by Crippen LogP contribution is 2.30. The fraction of sp³-hybridized carbons (Fsp3) is 0.385. The van der Waals surface area contributed by atoms with Crippen LogP contribution in [-0.4, -0.2) is 54.1 Å². The van der Waals surface area contributed by atoms with Crippen molar-refractivity contribution in [2.24, 2.45) is 0 Å². The molecule has 0 aliphatic carbocycles. The maximum atomic E-state index is 6.28. The normalized spacial score (nSPS) is 17.1. The third kappa shape index (κ3) is 5.99.